The van der Waals surface area contributed by atoms with Crippen molar-refractivity contribution in [2.75, 3.05) is 11.9 Å². The van der Waals surface area contributed by atoms with Crippen LogP contribution in [0.4, 0.5) is 10.5 Å². The lowest BCUT2D eigenvalue weighted by Gasteiger charge is -2.10. The first-order valence-corrected chi connectivity index (χ1v) is 5.43. The average molecular weight is 242 g/mol. The second kappa shape index (κ2) is 5.72. The van der Waals surface area contributed by atoms with Gasteiger partial charge in [-0.25, -0.2) is 4.79 Å². The summed E-state index contributed by atoms with van der Waals surface area (Å²) in [5.41, 5.74) is 7.15. The Morgan fingerprint density at radius 3 is 2.81 bits per heavy atom. The van der Waals surface area contributed by atoms with Crippen LogP contribution in [0.2, 0.25) is 5.02 Å². The fourth-order valence-electron chi connectivity index (χ4n) is 1.10. The number of halogens is 1. The molecule has 4 nitrogen and oxygen atoms in total. The Hall–Kier alpha value is -1.26. The van der Waals surface area contributed by atoms with Crippen molar-refractivity contribution in [2.45, 2.75) is 19.9 Å². The van der Waals surface area contributed by atoms with E-state index < -0.39 is 0 Å². The minimum absolute atomic E-state index is 0.0626. The van der Waals surface area contributed by atoms with E-state index in [2.05, 4.69) is 10.6 Å². The molecule has 0 saturated carbocycles. The average Bonchev–Trinajstić information content (AvgIpc) is 2.21. The van der Waals surface area contributed by atoms with Gasteiger partial charge in [0.2, 0.25) is 0 Å². The standard InChI is InChI=1S/C11H16ClN3O/c1-7-3-4-9(5-10(7)12)15-11(16)14-6-8(2)13/h3-5,8H,6,13H2,1-2H3,(H2,14,15,16). The number of hydrogen-bond acceptors (Lipinski definition) is 2. The maximum atomic E-state index is 11.4. The number of nitrogens with two attached hydrogens (primary N) is 1. The van der Waals surface area contributed by atoms with Crippen LogP contribution in [0.1, 0.15) is 12.5 Å². The SMILES string of the molecule is Cc1ccc(NC(=O)NCC(C)N)cc1Cl. The number of nitrogens with one attached hydrogen (secondary N) is 2. The van der Waals surface area contributed by atoms with Gasteiger partial charge in [0.05, 0.1) is 0 Å². The first-order valence-electron chi connectivity index (χ1n) is 5.05. The van der Waals surface area contributed by atoms with E-state index >= 15 is 0 Å². The van der Waals surface area contributed by atoms with E-state index in [0.717, 1.165) is 5.56 Å². The molecule has 5 heteroatoms. The van der Waals surface area contributed by atoms with Crippen LogP contribution in [0.15, 0.2) is 18.2 Å². The zero-order valence-electron chi connectivity index (χ0n) is 9.38. The number of aryl methyl sites for hydroxylation is 1. The van der Waals surface area contributed by atoms with Crippen molar-refractivity contribution < 1.29 is 4.79 Å². The highest BCUT2D eigenvalue weighted by atomic mass is 35.5. The van der Waals surface area contributed by atoms with Gasteiger partial charge in [-0.15, -0.1) is 0 Å². The van der Waals surface area contributed by atoms with Crippen molar-refractivity contribution in [2.24, 2.45) is 5.73 Å². The molecular formula is C11H16ClN3O. The van der Waals surface area contributed by atoms with E-state index in [1.807, 2.05) is 19.9 Å². The van der Waals surface area contributed by atoms with Crippen LogP contribution in [-0.2, 0) is 0 Å². The number of benzene rings is 1. The Bertz CT molecular complexity index is 379. The van der Waals surface area contributed by atoms with Gasteiger partial charge in [-0.1, -0.05) is 17.7 Å². The molecule has 0 heterocycles. The lowest BCUT2D eigenvalue weighted by molar-refractivity contribution is 0.251. The fourth-order valence-corrected chi connectivity index (χ4v) is 1.28. The highest BCUT2D eigenvalue weighted by Gasteiger charge is 2.03. The van der Waals surface area contributed by atoms with Crippen LogP contribution in [0.3, 0.4) is 0 Å². The number of urea groups is 1. The quantitative estimate of drug-likeness (QED) is 0.759. The summed E-state index contributed by atoms with van der Waals surface area (Å²) in [4.78, 5) is 11.4. The van der Waals surface area contributed by atoms with E-state index in [0.29, 0.717) is 17.3 Å². The van der Waals surface area contributed by atoms with E-state index in [1.165, 1.54) is 0 Å². The summed E-state index contributed by atoms with van der Waals surface area (Å²) in [7, 11) is 0. The Balaban J connectivity index is 2.53. The minimum atomic E-state index is -0.280. The van der Waals surface area contributed by atoms with E-state index in [1.54, 1.807) is 12.1 Å². The van der Waals surface area contributed by atoms with Crippen LogP contribution in [-0.4, -0.2) is 18.6 Å². The zero-order chi connectivity index (χ0) is 12.1. The van der Waals surface area contributed by atoms with E-state index in [9.17, 15) is 4.79 Å². The Morgan fingerprint density at radius 1 is 1.56 bits per heavy atom. The highest BCUT2D eigenvalue weighted by Crippen LogP contribution is 2.19. The van der Waals surface area contributed by atoms with Crippen LogP contribution in [0.5, 0.6) is 0 Å². The third-order valence-corrected chi connectivity index (χ3v) is 2.42. The van der Waals surface area contributed by atoms with Gasteiger partial charge in [-0.05, 0) is 31.5 Å². The summed E-state index contributed by atoms with van der Waals surface area (Å²) in [6.07, 6.45) is 0. The van der Waals surface area contributed by atoms with Gasteiger partial charge in [0.15, 0.2) is 0 Å². The molecule has 2 amide bonds. The van der Waals surface area contributed by atoms with Gasteiger partial charge in [0.25, 0.3) is 0 Å². The normalized spacial score (nSPS) is 12.0. The van der Waals surface area contributed by atoms with Crippen molar-refractivity contribution in [1.29, 1.82) is 0 Å². The minimum Gasteiger partial charge on any atom is -0.336 e. The largest absolute Gasteiger partial charge is 0.336 e. The topological polar surface area (TPSA) is 67.2 Å². The summed E-state index contributed by atoms with van der Waals surface area (Å²) in [6, 6.07) is 5.02. The second-order valence-corrected chi connectivity index (χ2v) is 4.18. The van der Waals surface area contributed by atoms with Gasteiger partial charge >= 0.3 is 6.03 Å². The molecule has 1 rings (SSSR count). The maximum absolute atomic E-state index is 11.4. The highest BCUT2D eigenvalue weighted by molar-refractivity contribution is 6.31. The molecule has 1 atom stereocenters. The van der Waals surface area contributed by atoms with Gasteiger partial charge < -0.3 is 16.4 Å². The summed E-state index contributed by atoms with van der Waals surface area (Å²) >= 11 is 5.93. The Labute approximate surface area is 100 Å². The molecule has 0 aliphatic carbocycles. The van der Waals surface area contributed by atoms with Crippen LogP contribution >= 0.6 is 11.6 Å². The van der Waals surface area contributed by atoms with Crippen molar-refractivity contribution in [3.63, 3.8) is 0 Å². The molecule has 1 aromatic rings. The zero-order valence-corrected chi connectivity index (χ0v) is 10.1. The van der Waals surface area contributed by atoms with Crippen molar-refractivity contribution >= 4 is 23.3 Å². The third kappa shape index (κ3) is 4.08. The van der Waals surface area contributed by atoms with Crippen molar-refractivity contribution in [1.82, 2.24) is 5.32 Å². The number of amides is 2. The summed E-state index contributed by atoms with van der Waals surface area (Å²) < 4.78 is 0. The fraction of sp³-hybridized carbons (Fsp3) is 0.364. The molecular weight excluding hydrogens is 226 g/mol. The first kappa shape index (κ1) is 12.8. The van der Waals surface area contributed by atoms with Crippen LogP contribution < -0.4 is 16.4 Å². The van der Waals surface area contributed by atoms with Gasteiger partial charge in [0, 0.05) is 23.3 Å². The maximum Gasteiger partial charge on any atom is 0.319 e. The van der Waals surface area contributed by atoms with E-state index in [-0.39, 0.29) is 12.1 Å². The number of carbonyl (C=O) groups is 1. The van der Waals surface area contributed by atoms with Gasteiger partial charge in [0.1, 0.15) is 0 Å². The molecule has 0 saturated heterocycles. The summed E-state index contributed by atoms with van der Waals surface area (Å²) in [5, 5.41) is 5.95. The molecule has 0 fully saturated rings. The molecule has 0 aliphatic rings. The van der Waals surface area contributed by atoms with E-state index in [4.69, 9.17) is 17.3 Å². The van der Waals surface area contributed by atoms with Gasteiger partial charge in [-0.2, -0.15) is 0 Å². The smallest absolute Gasteiger partial charge is 0.319 e. The molecule has 1 aromatic carbocycles. The van der Waals surface area contributed by atoms with Gasteiger partial charge in [-0.3, -0.25) is 0 Å². The number of anilines is 1. The lowest BCUT2D eigenvalue weighted by atomic mass is 10.2. The third-order valence-electron chi connectivity index (χ3n) is 2.01. The first-order chi connectivity index (χ1) is 7.49. The molecule has 1 unspecified atom stereocenters. The Kier molecular flexibility index (Phi) is 4.58. The summed E-state index contributed by atoms with van der Waals surface area (Å²) in [5.74, 6) is 0. The van der Waals surface area contributed by atoms with Crippen LogP contribution in [0, 0.1) is 6.92 Å². The number of rotatable bonds is 3. The molecule has 88 valence electrons. The molecule has 0 bridgehead atoms. The van der Waals surface area contributed by atoms with Crippen molar-refractivity contribution in [3.05, 3.63) is 28.8 Å². The molecule has 0 aliphatic heterocycles. The Morgan fingerprint density at radius 2 is 2.25 bits per heavy atom. The number of hydrogen-bond donors (Lipinski definition) is 3. The predicted molar refractivity (Wildman–Crippen MR) is 66.9 cm³/mol. The number of carbonyl (C=O) groups excluding carboxylic acids is 1. The predicted octanol–water partition coefficient (Wildman–Crippen LogP) is 2.12. The second-order valence-electron chi connectivity index (χ2n) is 3.78. The van der Waals surface area contributed by atoms with Crippen LogP contribution in [0.25, 0.3) is 0 Å². The lowest BCUT2D eigenvalue weighted by Crippen LogP contribution is -2.37. The molecule has 4 N–H and O–H groups in total. The molecule has 0 radical (unpaired) electrons. The molecule has 0 aromatic heterocycles. The summed E-state index contributed by atoms with van der Waals surface area (Å²) in [6.45, 7) is 4.16. The van der Waals surface area contributed by atoms with Crippen molar-refractivity contribution in [3.8, 4) is 0 Å². The monoisotopic (exact) mass is 241 g/mol. The molecule has 0 spiro atoms. The molecule has 16 heavy (non-hydrogen) atoms.